The Balaban J connectivity index is 2.52. The molecule has 1 saturated heterocycles. The Morgan fingerprint density at radius 3 is 2.60 bits per heavy atom. The number of hydrogen-bond donors (Lipinski definition) is 1. The van der Waals surface area contributed by atoms with E-state index in [0.717, 1.165) is 10.9 Å². The summed E-state index contributed by atoms with van der Waals surface area (Å²) in [7, 11) is 2.75. The minimum Gasteiger partial charge on any atom is -0.481 e. The standard InChI is InChI=1S/C11H12F3N3O2S/c1-16-4-6(7(9(16)20)10(18)19)5-3-15-17(2)8(5)11(12,13)14/h3,6-7H,4H2,1-2H3,(H,18,19). The van der Waals surface area contributed by atoms with Gasteiger partial charge in [0.1, 0.15) is 11.6 Å². The maximum absolute atomic E-state index is 13.1. The van der Waals surface area contributed by atoms with Crippen LogP contribution in [0, 0.1) is 5.92 Å². The summed E-state index contributed by atoms with van der Waals surface area (Å²) in [6.45, 7) is 0.130. The lowest BCUT2D eigenvalue weighted by Gasteiger charge is -2.16. The van der Waals surface area contributed by atoms with Crippen LogP contribution in [0.15, 0.2) is 6.20 Å². The number of aromatic nitrogens is 2. The second kappa shape index (κ2) is 4.72. The number of alkyl halides is 3. The van der Waals surface area contributed by atoms with Gasteiger partial charge in [0.2, 0.25) is 0 Å². The summed E-state index contributed by atoms with van der Waals surface area (Å²) in [6.07, 6.45) is -3.52. The van der Waals surface area contributed by atoms with Gasteiger partial charge < -0.3 is 10.0 Å². The number of thiocarbonyl (C=S) groups is 1. The number of carboxylic acids is 1. The van der Waals surface area contributed by atoms with E-state index in [0.29, 0.717) is 0 Å². The van der Waals surface area contributed by atoms with Gasteiger partial charge in [-0.25, -0.2) is 0 Å². The van der Waals surface area contributed by atoms with Crippen molar-refractivity contribution in [3.8, 4) is 0 Å². The van der Waals surface area contributed by atoms with Gasteiger partial charge in [-0.05, 0) is 0 Å². The van der Waals surface area contributed by atoms with Gasteiger partial charge in [-0.15, -0.1) is 0 Å². The van der Waals surface area contributed by atoms with Crippen LogP contribution in [0.2, 0.25) is 0 Å². The number of likely N-dealkylation sites (tertiary alicyclic amines) is 1. The van der Waals surface area contributed by atoms with Crippen LogP contribution >= 0.6 is 12.2 Å². The fourth-order valence-electron chi connectivity index (χ4n) is 2.53. The smallest absolute Gasteiger partial charge is 0.433 e. The lowest BCUT2D eigenvalue weighted by atomic mass is 9.89. The molecule has 2 rings (SSSR count). The third-order valence-electron chi connectivity index (χ3n) is 3.42. The van der Waals surface area contributed by atoms with E-state index < -0.39 is 29.7 Å². The van der Waals surface area contributed by atoms with Crippen LogP contribution in [0.25, 0.3) is 0 Å². The third-order valence-corrected chi connectivity index (χ3v) is 3.98. The Kier molecular flexibility index (Phi) is 3.49. The highest BCUT2D eigenvalue weighted by Gasteiger charge is 2.47. The first-order valence-corrected chi connectivity index (χ1v) is 6.12. The van der Waals surface area contributed by atoms with Gasteiger partial charge >= 0.3 is 12.1 Å². The Hall–Kier alpha value is -1.64. The number of aliphatic carboxylic acids is 1. The van der Waals surface area contributed by atoms with Crippen molar-refractivity contribution in [2.75, 3.05) is 13.6 Å². The van der Waals surface area contributed by atoms with E-state index in [-0.39, 0.29) is 17.1 Å². The Morgan fingerprint density at radius 1 is 1.50 bits per heavy atom. The van der Waals surface area contributed by atoms with Crippen LogP contribution in [0.4, 0.5) is 13.2 Å². The van der Waals surface area contributed by atoms with Crippen LogP contribution in [-0.4, -0.2) is 44.3 Å². The normalized spacial score (nSPS) is 23.4. The molecule has 0 amide bonds. The van der Waals surface area contributed by atoms with Gasteiger partial charge in [0, 0.05) is 32.1 Å². The Morgan fingerprint density at radius 2 is 2.10 bits per heavy atom. The molecule has 1 aliphatic rings. The summed E-state index contributed by atoms with van der Waals surface area (Å²) in [5, 5.41) is 12.8. The molecule has 0 radical (unpaired) electrons. The third kappa shape index (κ3) is 2.26. The first kappa shape index (κ1) is 14.8. The molecule has 2 unspecified atom stereocenters. The van der Waals surface area contributed by atoms with E-state index >= 15 is 0 Å². The molecule has 110 valence electrons. The van der Waals surface area contributed by atoms with Gasteiger partial charge in [-0.1, -0.05) is 12.2 Å². The van der Waals surface area contributed by atoms with Crippen molar-refractivity contribution in [2.24, 2.45) is 13.0 Å². The first-order chi connectivity index (χ1) is 9.14. The number of carbonyl (C=O) groups is 1. The first-order valence-electron chi connectivity index (χ1n) is 5.71. The summed E-state index contributed by atoms with van der Waals surface area (Å²) >= 11 is 5.00. The van der Waals surface area contributed by atoms with E-state index in [1.165, 1.54) is 11.9 Å². The number of aryl methyl sites for hydroxylation is 1. The van der Waals surface area contributed by atoms with Crippen molar-refractivity contribution in [1.29, 1.82) is 0 Å². The predicted molar refractivity (Wildman–Crippen MR) is 67.3 cm³/mol. The number of hydrogen-bond acceptors (Lipinski definition) is 3. The molecular weight excluding hydrogens is 295 g/mol. The molecule has 0 aliphatic carbocycles. The molecule has 1 aliphatic heterocycles. The van der Waals surface area contributed by atoms with Crippen molar-refractivity contribution < 1.29 is 23.1 Å². The zero-order chi connectivity index (χ0) is 15.2. The minimum atomic E-state index is -4.59. The van der Waals surface area contributed by atoms with Crippen LogP contribution in [0.5, 0.6) is 0 Å². The lowest BCUT2D eigenvalue weighted by molar-refractivity contribution is -0.145. The molecule has 0 spiro atoms. The zero-order valence-electron chi connectivity index (χ0n) is 10.7. The van der Waals surface area contributed by atoms with Crippen LogP contribution in [-0.2, 0) is 18.0 Å². The van der Waals surface area contributed by atoms with Gasteiger partial charge in [-0.3, -0.25) is 9.48 Å². The molecule has 2 heterocycles. The average Bonchev–Trinajstić information content (AvgIpc) is 2.80. The number of nitrogens with zero attached hydrogens (tertiary/aromatic N) is 3. The fourth-order valence-corrected chi connectivity index (χ4v) is 2.87. The molecular formula is C11H12F3N3O2S. The molecule has 1 N–H and O–H groups in total. The van der Waals surface area contributed by atoms with E-state index in [1.807, 2.05) is 0 Å². The average molecular weight is 307 g/mol. The molecule has 5 nitrogen and oxygen atoms in total. The largest absolute Gasteiger partial charge is 0.481 e. The van der Waals surface area contributed by atoms with Gasteiger partial charge in [0.25, 0.3) is 0 Å². The highest BCUT2D eigenvalue weighted by molar-refractivity contribution is 7.80. The van der Waals surface area contributed by atoms with Crippen LogP contribution in [0.1, 0.15) is 17.2 Å². The highest BCUT2D eigenvalue weighted by Crippen LogP contribution is 2.41. The lowest BCUT2D eigenvalue weighted by Crippen LogP contribution is -2.27. The van der Waals surface area contributed by atoms with E-state index in [1.54, 1.807) is 7.05 Å². The summed E-state index contributed by atoms with van der Waals surface area (Å²) < 4.78 is 39.9. The quantitative estimate of drug-likeness (QED) is 0.839. The monoisotopic (exact) mass is 307 g/mol. The second-order valence-electron chi connectivity index (χ2n) is 4.71. The fraction of sp³-hybridized carbons (Fsp3) is 0.545. The molecule has 1 aromatic rings. The van der Waals surface area contributed by atoms with Crippen LogP contribution in [0.3, 0.4) is 0 Å². The maximum Gasteiger partial charge on any atom is 0.433 e. The second-order valence-corrected chi connectivity index (χ2v) is 5.13. The van der Waals surface area contributed by atoms with Crippen molar-refractivity contribution in [1.82, 2.24) is 14.7 Å². The van der Waals surface area contributed by atoms with Gasteiger partial charge in [-0.2, -0.15) is 18.3 Å². The topological polar surface area (TPSA) is 58.4 Å². The zero-order valence-corrected chi connectivity index (χ0v) is 11.5. The number of carboxylic acid groups (broad SMARTS) is 1. The number of halogens is 3. The highest BCUT2D eigenvalue weighted by atomic mass is 32.1. The van der Waals surface area contributed by atoms with Crippen LogP contribution < -0.4 is 0 Å². The number of rotatable bonds is 2. The van der Waals surface area contributed by atoms with Crippen molar-refractivity contribution >= 4 is 23.2 Å². The van der Waals surface area contributed by atoms with E-state index in [4.69, 9.17) is 12.2 Å². The molecule has 1 aromatic heterocycles. The Labute approximate surface area is 118 Å². The molecule has 0 saturated carbocycles. The van der Waals surface area contributed by atoms with Crippen molar-refractivity contribution in [2.45, 2.75) is 12.1 Å². The summed E-state index contributed by atoms with van der Waals surface area (Å²) in [5.41, 5.74) is -1.05. The summed E-state index contributed by atoms with van der Waals surface area (Å²) in [5.74, 6) is -3.21. The summed E-state index contributed by atoms with van der Waals surface area (Å²) in [4.78, 5) is 12.9. The molecule has 0 aromatic carbocycles. The van der Waals surface area contributed by atoms with E-state index in [2.05, 4.69) is 5.10 Å². The number of likely N-dealkylation sites (N-methyl/N-ethyl adjacent to an activating group) is 1. The van der Waals surface area contributed by atoms with Crippen molar-refractivity contribution in [3.63, 3.8) is 0 Å². The van der Waals surface area contributed by atoms with Gasteiger partial charge in [0.15, 0.2) is 0 Å². The maximum atomic E-state index is 13.1. The molecule has 2 atom stereocenters. The molecule has 20 heavy (non-hydrogen) atoms. The van der Waals surface area contributed by atoms with Crippen molar-refractivity contribution in [3.05, 3.63) is 17.5 Å². The molecule has 9 heteroatoms. The molecule has 0 bridgehead atoms. The van der Waals surface area contributed by atoms with E-state index in [9.17, 15) is 23.1 Å². The SMILES string of the molecule is CN1CC(c2cnn(C)c2C(F)(F)F)C(C(=O)O)C1=S. The molecule has 1 fully saturated rings. The Bertz CT molecular complexity index is 570. The predicted octanol–water partition coefficient (Wildman–Crippen LogP) is 1.50. The minimum absolute atomic E-state index is 0.126. The van der Waals surface area contributed by atoms with Gasteiger partial charge in [0.05, 0.1) is 11.2 Å². The summed E-state index contributed by atoms with van der Waals surface area (Å²) in [6, 6.07) is 0.